The molecule has 2 aromatic heterocycles. The molecule has 0 fully saturated rings. The zero-order valence-electron chi connectivity index (χ0n) is 8.06. The minimum Gasteiger partial charge on any atom is -0.447 e. The fourth-order valence-corrected chi connectivity index (χ4v) is 1.74. The molecule has 0 atom stereocenters. The molecule has 2 aromatic rings. The summed E-state index contributed by atoms with van der Waals surface area (Å²) in [6.45, 7) is 2.15. The van der Waals surface area contributed by atoms with Gasteiger partial charge in [0.05, 0.1) is 23.9 Å². The smallest absolute Gasteiger partial charge is 0.263 e. The zero-order chi connectivity index (χ0) is 10.7. The van der Waals surface area contributed by atoms with E-state index in [9.17, 15) is 4.79 Å². The first-order valence-corrected chi connectivity index (χ1v) is 5.16. The van der Waals surface area contributed by atoms with E-state index in [-0.39, 0.29) is 5.91 Å². The first-order valence-electron chi connectivity index (χ1n) is 4.34. The number of nitrogens with zero attached hydrogens (tertiary/aromatic N) is 2. The number of thiazole rings is 1. The average molecular weight is 223 g/mol. The molecule has 1 amide bonds. The van der Waals surface area contributed by atoms with Crippen LogP contribution in [0.4, 0.5) is 0 Å². The summed E-state index contributed by atoms with van der Waals surface area (Å²) in [5.41, 5.74) is 0. The molecule has 0 saturated carbocycles. The first kappa shape index (κ1) is 9.85. The highest BCUT2D eigenvalue weighted by Crippen LogP contribution is 2.11. The largest absolute Gasteiger partial charge is 0.447 e. The molecular formula is C9H9N3O2S. The third kappa shape index (κ3) is 2.41. The molecule has 0 radical (unpaired) electrons. The predicted octanol–water partition coefficient (Wildman–Crippen LogP) is 1.37. The summed E-state index contributed by atoms with van der Waals surface area (Å²) in [5.74, 6) is 0.336. The van der Waals surface area contributed by atoms with Gasteiger partial charge in [0.25, 0.3) is 5.91 Å². The number of rotatable bonds is 3. The summed E-state index contributed by atoms with van der Waals surface area (Å²) in [6.07, 6.45) is 4.57. The first-order chi connectivity index (χ1) is 7.25. The molecule has 0 spiro atoms. The van der Waals surface area contributed by atoms with Gasteiger partial charge in [-0.2, -0.15) is 0 Å². The minimum atomic E-state index is -0.154. The van der Waals surface area contributed by atoms with E-state index in [1.54, 1.807) is 12.4 Å². The number of amides is 1. The molecule has 6 heteroatoms. The topological polar surface area (TPSA) is 68.0 Å². The molecule has 0 unspecified atom stereocenters. The van der Waals surface area contributed by atoms with Crippen LogP contribution in [0, 0.1) is 6.92 Å². The van der Waals surface area contributed by atoms with E-state index in [1.807, 2.05) is 6.92 Å². The molecule has 15 heavy (non-hydrogen) atoms. The Morgan fingerprint density at radius 2 is 2.47 bits per heavy atom. The van der Waals surface area contributed by atoms with Gasteiger partial charge in [-0.3, -0.25) is 4.79 Å². The molecule has 0 aliphatic heterocycles. The van der Waals surface area contributed by atoms with E-state index in [4.69, 9.17) is 4.42 Å². The standard InChI is InChI=1S/C9H9N3O2S/c1-6-11-4-7(15-6)9(13)12-5-8-10-2-3-14-8/h2-4H,5H2,1H3,(H,12,13). The average Bonchev–Trinajstić information content (AvgIpc) is 2.84. The van der Waals surface area contributed by atoms with Crippen molar-refractivity contribution in [2.45, 2.75) is 13.5 Å². The highest BCUT2D eigenvalue weighted by Gasteiger charge is 2.09. The number of hydrogen-bond donors (Lipinski definition) is 1. The maximum atomic E-state index is 11.5. The van der Waals surface area contributed by atoms with Crippen LogP contribution in [0.3, 0.4) is 0 Å². The van der Waals surface area contributed by atoms with E-state index in [2.05, 4.69) is 15.3 Å². The second-order valence-corrected chi connectivity index (χ2v) is 4.09. The van der Waals surface area contributed by atoms with E-state index >= 15 is 0 Å². The Morgan fingerprint density at radius 3 is 3.07 bits per heavy atom. The number of carbonyl (C=O) groups is 1. The molecule has 0 aliphatic rings. The molecule has 1 N–H and O–H groups in total. The maximum Gasteiger partial charge on any atom is 0.263 e. The van der Waals surface area contributed by atoms with Gasteiger partial charge in [-0.1, -0.05) is 0 Å². The minimum absolute atomic E-state index is 0.154. The van der Waals surface area contributed by atoms with Crippen LogP contribution >= 0.6 is 11.3 Å². The lowest BCUT2D eigenvalue weighted by atomic mass is 10.5. The normalized spacial score (nSPS) is 10.2. The Morgan fingerprint density at radius 1 is 1.60 bits per heavy atom. The van der Waals surface area contributed by atoms with Crippen molar-refractivity contribution in [1.29, 1.82) is 0 Å². The van der Waals surface area contributed by atoms with Gasteiger partial charge in [0.2, 0.25) is 5.89 Å². The van der Waals surface area contributed by atoms with Gasteiger partial charge in [-0.25, -0.2) is 9.97 Å². The van der Waals surface area contributed by atoms with Crippen LogP contribution < -0.4 is 5.32 Å². The summed E-state index contributed by atoms with van der Waals surface area (Å²) in [5, 5.41) is 3.56. The number of aryl methyl sites for hydroxylation is 1. The Hall–Kier alpha value is -1.69. The molecule has 2 rings (SSSR count). The molecule has 0 bridgehead atoms. The van der Waals surface area contributed by atoms with Crippen molar-refractivity contribution in [3.63, 3.8) is 0 Å². The van der Waals surface area contributed by atoms with Crippen molar-refractivity contribution in [2.24, 2.45) is 0 Å². The second-order valence-electron chi connectivity index (χ2n) is 2.85. The van der Waals surface area contributed by atoms with Gasteiger partial charge in [0.15, 0.2) is 0 Å². The van der Waals surface area contributed by atoms with Gasteiger partial charge in [-0.05, 0) is 6.92 Å². The number of oxazole rings is 1. The summed E-state index contributed by atoms with van der Waals surface area (Å²) >= 11 is 1.36. The van der Waals surface area contributed by atoms with E-state index < -0.39 is 0 Å². The SMILES string of the molecule is Cc1ncc(C(=O)NCc2ncco2)s1. The van der Waals surface area contributed by atoms with Crippen molar-refractivity contribution in [3.05, 3.63) is 34.4 Å². The van der Waals surface area contributed by atoms with Crippen LogP contribution in [0.1, 0.15) is 20.6 Å². The Kier molecular flexibility index (Phi) is 2.77. The van der Waals surface area contributed by atoms with Crippen molar-refractivity contribution < 1.29 is 9.21 Å². The summed E-state index contributed by atoms with van der Waals surface area (Å²) in [4.78, 5) is 20.0. The monoisotopic (exact) mass is 223 g/mol. The number of hydrogen-bond acceptors (Lipinski definition) is 5. The summed E-state index contributed by atoms with van der Waals surface area (Å²) < 4.78 is 4.99. The van der Waals surface area contributed by atoms with E-state index in [1.165, 1.54) is 17.6 Å². The van der Waals surface area contributed by atoms with Crippen LogP contribution in [-0.4, -0.2) is 15.9 Å². The molecule has 5 nitrogen and oxygen atoms in total. The van der Waals surface area contributed by atoms with Crippen LogP contribution in [0.2, 0.25) is 0 Å². The third-order valence-corrected chi connectivity index (χ3v) is 2.64. The summed E-state index contributed by atoms with van der Waals surface area (Å²) in [6, 6.07) is 0. The van der Waals surface area contributed by atoms with Crippen LogP contribution in [0.25, 0.3) is 0 Å². The van der Waals surface area contributed by atoms with Gasteiger partial charge >= 0.3 is 0 Å². The van der Waals surface area contributed by atoms with Gasteiger partial charge in [0.1, 0.15) is 11.1 Å². The number of aromatic nitrogens is 2. The maximum absolute atomic E-state index is 11.5. The van der Waals surface area contributed by atoms with E-state index in [0.717, 1.165) is 5.01 Å². The molecular weight excluding hydrogens is 214 g/mol. The fraction of sp³-hybridized carbons (Fsp3) is 0.222. The third-order valence-electron chi connectivity index (χ3n) is 1.73. The number of nitrogens with one attached hydrogen (secondary N) is 1. The van der Waals surface area contributed by atoms with Crippen molar-refractivity contribution in [2.75, 3.05) is 0 Å². The molecule has 78 valence electrons. The van der Waals surface area contributed by atoms with Gasteiger partial charge < -0.3 is 9.73 Å². The van der Waals surface area contributed by atoms with Gasteiger partial charge in [-0.15, -0.1) is 11.3 Å². The predicted molar refractivity (Wildman–Crippen MR) is 54.5 cm³/mol. The van der Waals surface area contributed by atoms with Crippen molar-refractivity contribution >= 4 is 17.2 Å². The lowest BCUT2D eigenvalue weighted by Gasteiger charge is -1.98. The quantitative estimate of drug-likeness (QED) is 0.853. The van der Waals surface area contributed by atoms with E-state index in [0.29, 0.717) is 17.3 Å². The van der Waals surface area contributed by atoms with Crippen LogP contribution in [0.5, 0.6) is 0 Å². The van der Waals surface area contributed by atoms with Crippen molar-refractivity contribution in [3.8, 4) is 0 Å². The summed E-state index contributed by atoms with van der Waals surface area (Å²) in [7, 11) is 0. The van der Waals surface area contributed by atoms with Crippen molar-refractivity contribution in [1.82, 2.24) is 15.3 Å². The zero-order valence-corrected chi connectivity index (χ0v) is 8.87. The molecule has 2 heterocycles. The van der Waals surface area contributed by atoms with Crippen LogP contribution in [0.15, 0.2) is 23.1 Å². The Balaban J connectivity index is 1.93. The lowest BCUT2D eigenvalue weighted by molar-refractivity contribution is 0.0951. The second kappa shape index (κ2) is 4.22. The highest BCUT2D eigenvalue weighted by atomic mass is 32.1. The van der Waals surface area contributed by atoms with Crippen LogP contribution in [-0.2, 0) is 6.54 Å². The highest BCUT2D eigenvalue weighted by molar-refractivity contribution is 7.13. The fourth-order valence-electron chi connectivity index (χ4n) is 1.05. The molecule has 0 aromatic carbocycles. The Labute approximate surface area is 90.2 Å². The lowest BCUT2D eigenvalue weighted by Crippen LogP contribution is -2.21. The Bertz CT molecular complexity index is 450. The molecule has 0 saturated heterocycles. The van der Waals surface area contributed by atoms with Gasteiger partial charge in [0, 0.05) is 0 Å². The number of carbonyl (C=O) groups excluding carboxylic acids is 1. The molecule has 0 aliphatic carbocycles.